The number of hydrogen-bond acceptors (Lipinski definition) is 4. The van der Waals surface area contributed by atoms with Crippen LogP contribution in [0.4, 0.5) is 11.4 Å². The highest BCUT2D eigenvalue weighted by molar-refractivity contribution is 8.11. The topological polar surface area (TPSA) is 54.9 Å². The summed E-state index contributed by atoms with van der Waals surface area (Å²) in [6, 6.07) is 29.9. The van der Waals surface area contributed by atoms with E-state index < -0.39 is 6.49 Å². The summed E-state index contributed by atoms with van der Waals surface area (Å²) in [6.07, 6.45) is 0. The highest BCUT2D eigenvalue weighted by atomic mass is 32.4. The Hall–Kier alpha value is -2.86. The molecule has 0 bridgehead atoms. The van der Waals surface area contributed by atoms with E-state index in [1.807, 2.05) is 108 Å². The Morgan fingerprint density at radius 1 is 0.786 bits per heavy atom. The first-order valence-electron chi connectivity index (χ1n) is 8.86. The summed E-state index contributed by atoms with van der Waals surface area (Å²) in [4.78, 5) is 0. The molecule has 8 heteroatoms. The Morgan fingerprint density at radius 2 is 1.32 bits per heavy atom. The maximum Gasteiger partial charge on any atom is 0.244 e. The van der Waals surface area contributed by atoms with Crippen LogP contribution in [0.2, 0.25) is 0 Å². The number of hydrazone groups is 1. The third-order valence-electron chi connectivity index (χ3n) is 4.26. The summed E-state index contributed by atoms with van der Waals surface area (Å²) < 4.78 is 3.79. The largest absolute Gasteiger partial charge is 0.315 e. The predicted molar refractivity (Wildman–Crippen MR) is 120 cm³/mol. The molecule has 1 atom stereocenters. The van der Waals surface area contributed by atoms with E-state index in [4.69, 9.17) is 16.9 Å². The van der Waals surface area contributed by atoms with Gasteiger partial charge in [0.15, 0.2) is 5.84 Å². The van der Waals surface area contributed by atoms with Gasteiger partial charge in [0, 0.05) is 18.3 Å². The Kier molecular flexibility index (Phi) is 5.30. The molecule has 0 radical (unpaired) electrons. The molecule has 6 nitrogen and oxygen atoms in total. The molecule has 0 saturated carbocycles. The van der Waals surface area contributed by atoms with Crippen LogP contribution in [0.15, 0.2) is 96.1 Å². The lowest BCUT2D eigenvalue weighted by molar-refractivity contribution is 0.587. The number of hydrogen-bond donors (Lipinski definition) is 3. The van der Waals surface area contributed by atoms with E-state index in [1.165, 1.54) is 0 Å². The van der Waals surface area contributed by atoms with Gasteiger partial charge in [0.05, 0.1) is 5.69 Å². The van der Waals surface area contributed by atoms with Crippen LogP contribution in [0.3, 0.4) is 0 Å². The van der Waals surface area contributed by atoms with Gasteiger partial charge in [-0.1, -0.05) is 66.7 Å². The van der Waals surface area contributed by atoms with Crippen molar-refractivity contribution < 1.29 is 0 Å². The molecule has 0 saturated heterocycles. The minimum absolute atomic E-state index is 0.776. The molecule has 4 rings (SSSR count). The van der Waals surface area contributed by atoms with Gasteiger partial charge in [-0.05, 0) is 36.1 Å². The number of benzene rings is 3. The average Bonchev–Trinajstić information content (AvgIpc) is 3.00. The number of nitrogens with one attached hydrogen (secondary N) is 3. The molecule has 0 fully saturated rings. The summed E-state index contributed by atoms with van der Waals surface area (Å²) in [5, 5.41) is 8.10. The number of nitrogens with zero attached hydrogens (tertiary/aromatic N) is 3. The van der Waals surface area contributed by atoms with E-state index in [1.54, 1.807) is 0 Å². The van der Waals surface area contributed by atoms with Crippen LogP contribution < -0.4 is 16.0 Å². The van der Waals surface area contributed by atoms with Gasteiger partial charge in [-0.2, -0.15) is 10.3 Å². The molecule has 142 valence electrons. The minimum atomic E-state index is -2.50. The molecule has 3 N–H and O–H groups in total. The fourth-order valence-corrected chi connectivity index (χ4v) is 5.05. The number of anilines is 2. The number of hydrazine groups is 2. The van der Waals surface area contributed by atoms with Gasteiger partial charge in [0.2, 0.25) is 6.49 Å². The molecule has 1 unspecified atom stereocenters. The number of para-hydroxylation sites is 2. The molecule has 0 spiro atoms. The van der Waals surface area contributed by atoms with Crippen LogP contribution >= 0.6 is 6.49 Å². The smallest absolute Gasteiger partial charge is 0.244 e. The predicted octanol–water partition coefficient (Wildman–Crippen LogP) is 4.46. The van der Waals surface area contributed by atoms with Gasteiger partial charge in [-0.15, -0.1) is 0 Å². The van der Waals surface area contributed by atoms with Crippen molar-refractivity contribution in [1.82, 2.24) is 14.8 Å². The molecular formula is C20H21N6PS. The zero-order valence-electron chi connectivity index (χ0n) is 15.4. The van der Waals surface area contributed by atoms with Crippen molar-refractivity contribution in [3.05, 3.63) is 96.6 Å². The summed E-state index contributed by atoms with van der Waals surface area (Å²) in [7, 11) is 1.90. The first-order chi connectivity index (χ1) is 13.7. The van der Waals surface area contributed by atoms with E-state index in [-0.39, 0.29) is 0 Å². The van der Waals surface area contributed by atoms with Crippen molar-refractivity contribution in [2.45, 2.75) is 0 Å². The fraction of sp³-hybridized carbons (Fsp3) is 0.0500. The van der Waals surface area contributed by atoms with E-state index in [2.05, 4.69) is 16.0 Å². The molecular weight excluding hydrogens is 387 g/mol. The molecule has 0 amide bonds. The monoisotopic (exact) mass is 408 g/mol. The number of amidine groups is 1. The summed E-state index contributed by atoms with van der Waals surface area (Å²) in [6.45, 7) is -2.50. The van der Waals surface area contributed by atoms with Crippen molar-refractivity contribution in [3.63, 3.8) is 0 Å². The molecule has 3 aromatic rings. The van der Waals surface area contributed by atoms with Crippen LogP contribution in [-0.4, -0.2) is 22.4 Å². The van der Waals surface area contributed by atoms with Crippen molar-refractivity contribution in [1.29, 1.82) is 0 Å². The summed E-state index contributed by atoms with van der Waals surface area (Å²) >= 11 is 6.10. The van der Waals surface area contributed by atoms with E-state index in [9.17, 15) is 0 Å². The maximum atomic E-state index is 6.10. The first kappa shape index (κ1) is 18.5. The third kappa shape index (κ3) is 3.73. The molecule has 1 aliphatic heterocycles. The van der Waals surface area contributed by atoms with Crippen LogP contribution in [0.1, 0.15) is 5.56 Å². The first-order valence-corrected chi connectivity index (χ1v) is 11.6. The van der Waals surface area contributed by atoms with Crippen LogP contribution in [-0.2, 0) is 11.8 Å². The van der Waals surface area contributed by atoms with Crippen molar-refractivity contribution in [3.8, 4) is 0 Å². The van der Waals surface area contributed by atoms with Gasteiger partial charge in [-0.25, -0.2) is 9.56 Å². The minimum Gasteiger partial charge on any atom is -0.315 e. The normalized spacial score (nSPS) is 18.7. The molecule has 3 aromatic carbocycles. The molecule has 1 aliphatic rings. The van der Waals surface area contributed by atoms with Gasteiger partial charge in [0.25, 0.3) is 0 Å². The molecule has 28 heavy (non-hydrogen) atoms. The van der Waals surface area contributed by atoms with Crippen molar-refractivity contribution in [2.24, 2.45) is 5.10 Å². The third-order valence-corrected chi connectivity index (χ3v) is 7.85. The van der Waals surface area contributed by atoms with Crippen LogP contribution in [0.5, 0.6) is 0 Å². The second-order valence-corrected chi connectivity index (χ2v) is 10.0. The summed E-state index contributed by atoms with van der Waals surface area (Å²) in [5.74, 6) is 0.776. The second-order valence-electron chi connectivity index (χ2n) is 6.22. The Morgan fingerprint density at radius 3 is 1.93 bits per heavy atom. The van der Waals surface area contributed by atoms with Gasteiger partial charge in [-0.3, -0.25) is 5.43 Å². The molecule has 0 aromatic heterocycles. The second kappa shape index (κ2) is 8.02. The maximum absolute atomic E-state index is 6.10. The van der Waals surface area contributed by atoms with Crippen LogP contribution in [0, 0.1) is 0 Å². The highest BCUT2D eigenvalue weighted by Gasteiger charge is 2.40. The Balaban J connectivity index is 1.66. The molecule has 1 heterocycles. The lowest BCUT2D eigenvalue weighted by atomic mass is 10.2. The Bertz CT molecular complexity index is 997. The summed E-state index contributed by atoms with van der Waals surface area (Å²) in [5.41, 5.74) is 9.57. The fourth-order valence-electron chi connectivity index (χ4n) is 2.80. The lowest BCUT2D eigenvalue weighted by Crippen LogP contribution is -2.38. The SMILES string of the molecule is CN1N=C(c2ccccc2)N(Nc2ccccc2)P1(=S)NNc1ccccc1. The van der Waals surface area contributed by atoms with Gasteiger partial charge in [0.1, 0.15) is 0 Å². The highest BCUT2D eigenvalue weighted by Crippen LogP contribution is 2.53. The zero-order valence-corrected chi connectivity index (χ0v) is 17.1. The Labute approximate surface area is 170 Å². The standard InChI is InChI=1S/C20H21N6PS/c1-25-23-20(17-11-5-2-6-12-17)26(22-19-15-9-4-10-16-19)27(25,28)24-21-18-13-7-3-8-14-18/h2-16,21-22H,1H3,(H,24,28). The zero-order chi connectivity index (χ0) is 19.4. The average molecular weight is 408 g/mol. The van der Waals surface area contributed by atoms with E-state index in [0.717, 1.165) is 22.8 Å². The number of rotatable bonds is 6. The van der Waals surface area contributed by atoms with Gasteiger partial charge >= 0.3 is 0 Å². The molecule has 0 aliphatic carbocycles. The lowest BCUT2D eigenvalue weighted by Gasteiger charge is -2.34. The quantitative estimate of drug-likeness (QED) is 0.414. The van der Waals surface area contributed by atoms with Crippen LogP contribution in [0.25, 0.3) is 0 Å². The van der Waals surface area contributed by atoms with E-state index >= 15 is 0 Å². The van der Waals surface area contributed by atoms with Crippen molar-refractivity contribution >= 4 is 35.5 Å². The van der Waals surface area contributed by atoms with Gasteiger partial charge < -0.3 is 5.43 Å². The van der Waals surface area contributed by atoms with E-state index in [0.29, 0.717) is 0 Å². The van der Waals surface area contributed by atoms with Crippen molar-refractivity contribution in [2.75, 3.05) is 17.9 Å².